The Hall–Kier alpha value is -2.46. The zero-order chi connectivity index (χ0) is 21.5. The van der Waals surface area contributed by atoms with Gasteiger partial charge in [0.2, 0.25) is 0 Å². The minimum atomic E-state index is -0.427. The Kier molecular flexibility index (Phi) is 7.52. The predicted octanol–water partition coefficient (Wildman–Crippen LogP) is 5.57. The molecule has 0 N–H and O–H groups in total. The first-order valence-corrected chi connectivity index (χ1v) is 13.7. The van der Waals surface area contributed by atoms with E-state index in [2.05, 4.69) is 116 Å². The molecule has 1 nitrogen and oxygen atoms in total. The van der Waals surface area contributed by atoms with Crippen LogP contribution in [-0.4, -0.2) is 19.4 Å². The van der Waals surface area contributed by atoms with Crippen LogP contribution in [0.1, 0.15) is 5.56 Å². The molecule has 3 heteroatoms. The second-order valence-corrected chi connectivity index (χ2v) is 12.2. The molecule has 0 aliphatic carbocycles. The second-order valence-electron chi connectivity index (χ2n) is 7.51. The third-order valence-corrected chi connectivity index (χ3v) is 10.8. The van der Waals surface area contributed by atoms with E-state index in [9.17, 15) is 0 Å². The van der Waals surface area contributed by atoms with Gasteiger partial charge in [0.15, 0.2) is 0 Å². The summed E-state index contributed by atoms with van der Waals surface area (Å²) >= 11 is 0. The molecule has 0 aromatic heterocycles. The van der Waals surface area contributed by atoms with Crippen molar-refractivity contribution >= 4 is 37.1 Å². The van der Waals surface area contributed by atoms with E-state index in [0.717, 1.165) is 5.75 Å². The Bertz CT molecular complexity index is 1060. The highest BCUT2D eigenvalue weighted by Gasteiger charge is 2.19. The van der Waals surface area contributed by atoms with Crippen LogP contribution in [-0.2, 0) is 0 Å². The quantitative estimate of drug-likeness (QED) is 0.324. The minimum Gasteiger partial charge on any atom is -0.497 e. The Morgan fingerprint density at radius 1 is 0.516 bits per heavy atom. The average Bonchev–Trinajstić information content (AvgIpc) is 2.84. The van der Waals surface area contributed by atoms with Gasteiger partial charge < -0.3 is 4.74 Å². The molecule has 4 rings (SSSR count). The molecule has 4 aromatic carbocycles. The first-order chi connectivity index (χ1) is 15.2. The van der Waals surface area contributed by atoms with Gasteiger partial charge in [-0.1, -0.05) is 103 Å². The zero-order valence-electron chi connectivity index (χ0n) is 18.1. The summed E-state index contributed by atoms with van der Waals surface area (Å²) in [6, 6.07) is 39.9. The van der Waals surface area contributed by atoms with E-state index in [0.29, 0.717) is 0 Å². The van der Waals surface area contributed by atoms with Gasteiger partial charge in [0.1, 0.15) is 5.75 Å². The van der Waals surface area contributed by atoms with Crippen LogP contribution in [0.3, 0.4) is 0 Å². The molecule has 156 valence electrons. The summed E-state index contributed by atoms with van der Waals surface area (Å²) in [6.45, 7) is 2.16. The van der Waals surface area contributed by atoms with E-state index < -0.39 is 15.8 Å². The summed E-state index contributed by atoms with van der Waals surface area (Å²) in [5.41, 5.74) is 1.32. The van der Waals surface area contributed by atoms with Crippen molar-refractivity contribution in [1.29, 1.82) is 0 Å². The first-order valence-electron chi connectivity index (χ1n) is 10.6. The lowest BCUT2D eigenvalue weighted by Gasteiger charge is -2.24. The average molecular weight is 442 g/mol. The Morgan fingerprint density at radius 2 is 0.903 bits per heavy atom. The van der Waals surface area contributed by atoms with Crippen LogP contribution in [0.2, 0.25) is 0 Å². The highest BCUT2D eigenvalue weighted by Crippen LogP contribution is 2.41. The SMILES string of the molecule is COc1ccc(P(CCP(c2ccccc2)c2ccc(C)cc2)c2ccccc2)cc1. The summed E-state index contributed by atoms with van der Waals surface area (Å²) in [6.07, 6.45) is 2.34. The van der Waals surface area contributed by atoms with Crippen molar-refractivity contribution in [3.8, 4) is 5.75 Å². The number of benzene rings is 4. The van der Waals surface area contributed by atoms with Gasteiger partial charge in [-0.2, -0.15) is 0 Å². The van der Waals surface area contributed by atoms with E-state index in [-0.39, 0.29) is 0 Å². The molecule has 0 spiro atoms. The molecule has 31 heavy (non-hydrogen) atoms. The largest absolute Gasteiger partial charge is 0.497 e. The molecule has 0 aliphatic rings. The standard InChI is InChI=1S/C28H28OP2/c1-23-13-17-27(18-14-23)30(25-9-5-3-6-10-25)21-22-31(26-11-7-4-8-12-26)28-19-15-24(29-2)16-20-28/h3-20H,21-22H2,1-2H3. The fourth-order valence-corrected chi connectivity index (χ4v) is 9.03. The molecule has 0 saturated carbocycles. The van der Waals surface area contributed by atoms with Crippen molar-refractivity contribution in [3.63, 3.8) is 0 Å². The van der Waals surface area contributed by atoms with E-state index in [1.54, 1.807) is 7.11 Å². The van der Waals surface area contributed by atoms with E-state index in [1.807, 2.05) is 0 Å². The van der Waals surface area contributed by atoms with Crippen molar-refractivity contribution in [2.45, 2.75) is 6.92 Å². The topological polar surface area (TPSA) is 9.23 Å². The van der Waals surface area contributed by atoms with E-state index in [4.69, 9.17) is 4.74 Å². The smallest absolute Gasteiger partial charge is 0.118 e. The van der Waals surface area contributed by atoms with Gasteiger partial charge in [-0.15, -0.1) is 0 Å². The maximum Gasteiger partial charge on any atom is 0.118 e. The molecule has 2 unspecified atom stereocenters. The summed E-state index contributed by atoms with van der Waals surface area (Å²) in [4.78, 5) is 0. The van der Waals surface area contributed by atoms with Gasteiger partial charge in [0.25, 0.3) is 0 Å². The molecule has 2 atom stereocenters. The highest BCUT2D eigenvalue weighted by molar-refractivity contribution is 7.76. The molecule has 0 fully saturated rings. The lowest BCUT2D eigenvalue weighted by atomic mass is 10.2. The maximum absolute atomic E-state index is 5.39. The molecule has 0 aliphatic heterocycles. The number of rotatable bonds is 8. The van der Waals surface area contributed by atoms with Gasteiger partial charge in [-0.3, -0.25) is 0 Å². The van der Waals surface area contributed by atoms with E-state index >= 15 is 0 Å². The molecule has 0 bridgehead atoms. The van der Waals surface area contributed by atoms with Gasteiger partial charge in [0.05, 0.1) is 7.11 Å². The predicted molar refractivity (Wildman–Crippen MR) is 139 cm³/mol. The molecular formula is C28H28OP2. The third kappa shape index (κ3) is 5.62. The van der Waals surface area contributed by atoms with Crippen LogP contribution in [0.4, 0.5) is 0 Å². The van der Waals surface area contributed by atoms with Crippen LogP contribution in [0, 0.1) is 6.92 Å². The lowest BCUT2D eigenvalue weighted by Crippen LogP contribution is -2.20. The summed E-state index contributed by atoms with van der Waals surface area (Å²) in [7, 11) is 0.904. The molecule has 0 heterocycles. The van der Waals surface area contributed by atoms with Crippen LogP contribution >= 0.6 is 15.8 Å². The first kappa shape index (κ1) is 21.8. The van der Waals surface area contributed by atoms with Crippen LogP contribution < -0.4 is 26.0 Å². The number of ether oxygens (including phenoxy) is 1. The molecule has 4 aromatic rings. The normalized spacial score (nSPS) is 12.8. The van der Waals surface area contributed by atoms with Crippen molar-refractivity contribution in [3.05, 3.63) is 115 Å². The second kappa shape index (κ2) is 10.7. The Morgan fingerprint density at radius 3 is 1.32 bits per heavy atom. The Balaban J connectivity index is 1.65. The minimum absolute atomic E-state index is 0.394. The number of methoxy groups -OCH3 is 1. The van der Waals surface area contributed by atoms with Crippen molar-refractivity contribution in [2.75, 3.05) is 19.4 Å². The van der Waals surface area contributed by atoms with Crippen molar-refractivity contribution in [2.24, 2.45) is 0 Å². The van der Waals surface area contributed by atoms with E-state index in [1.165, 1.54) is 39.1 Å². The van der Waals surface area contributed by atoms with Gasteiger partial charge in [-0.05, 0) is 68.4 Å². The molecular weight excluding hydrogens is 414 g/mol. The summed E-state index contributed by atoms with van der Waals surface area (Å²) < 4.78 is 5.39. The van der Waals surface area contributed by atoms with Gasteiger partial charge in [-0.25, -0.2) is 0 Å². The highest BCUT2D eigenvalue weighted by atomic mass is 31.1. The zero-order valence-corrected chi connectivity index (χ0v) is 19.9. The molecule has 0 radical (unpaired) electrons. The molecule has 0 saturated heterocycles. The monoisotopic (exact) mass is 442 g/mol. The fraction of sp³-hybridized carbons (Fsp3) is 0.143. The number of hydrogen-bond acceptors (Lipinski definition) is 1. The van der Waals surface area contributed by atoms with Gasteiger partial charge >= 0.3 is 0 Å². The van der Waals surface area contributed by atoms with Gasteiger partial charge in [0, 0.05) is 0 Å². The molecule has 0 amide bonds. The number of hydrogen-bond donors (Lipinski definition) is 0. The van der Waals surface area contributed by atoms with Crippen molar-refractivity contribution in [1.82, 2.24) is 0 Å². The fourth-order valence-electron chi connectivity index (χ4n) is 3.72. The van der Waals surface area contributed by atoms with Crippen molar-refractivity contribution < 1.29 is 4.74 Å². The summed E-state index contributed by atoms with van der Waals surface area (Å²) in [5.74, 6) is 0.915. The van der Waals surface area contributed by atoms with Crippen LogP contribution in [0.5, 0.6) is 5.75 Å². The maximum atomic E-state index is 5.39. The van der Waals surface area contributed by atoms with Crippen LogP contribution in [0.25, 0.3) is 0 Å². The number of aryl methyl sites for hydroxylation is 1. The van der Waals surface area contributed by atoms with Crippen LogP contribution in [0.15, 0.2) is 109 Å². The Labute approximate surface area is 188 Å². The summed E-state index contributed by atoms with van der Waals surface area (Å²) in [5, 5.41) is 5.77. The lowest BCUT2D eigenvalue weighted by molar-refractivity contribution is 0.415. The third-order valence-electron chi connectivity index (χ3n) is 5.41.